The molecule has 1 aromatic heterocycles. The lowest BCUT2D eigenvalue weighted by Gasteiger charge is -2.14. The van der Waals surface area contributed by atoms with Crippen molar-refractivity contribution in [2.45, 2.75) is 20.8 Å². The number of hydrogen-bond donors (Lipinski definition) is 2. The lowest BCUT2D eigenvalue weighted by atomic mass is 10.1. The molecule has 2 amide bonds. The van der Waals surface area contributed by atoms with Gasteiger partial charge in [0, 0.05) is 30.1 Å². The number of carbonyl (C=O) groups excluding carboxylic acids is 2. The third-order valence-electron chi connectivity index (χ3n) is 4.30. The van der Waals surface area contributed by atoms with Gasteiger partial charge in [-0.25, -0.2) is 9.07 Å². The topological polar surface area (TPSA) is 93.1 Å². The lowest BCUT2D eigenvalue weighted by molar-refractivity contribution is -0.114. The Morgan fingerprint density at radius 3 is 2.31 bits per heavy atom. The smallest absolute Gasteiger partial charge is 0.280 e. The van der Waals surface area contributed by atoms with Crippen LogP contribution in [-0.2, 0) is 4.79 Å². The molecule has 0 saturated carbocycles. The molecule has 7 nitrogen and oxygen atoms in total. The highest BCUT2D eigenvalue weighted by Crippen LogP contribution is 2.23. The van der Waals surface area contributed by atoms with Crippen molar-refractivity contribution in [1.82, 2.24) is 9.78 Å². The molecule has 0 saturated heterocycles. The maximum atomic E-state index is 14.2. The average molecular weight is 394 g/mol. The van der Waals surface area contributed by atoms with Gasteiger partial charge in [0.15, 0.2) is 5.69 Å². The summed E-state index contributed by atoms with van der Waals surface area (Å²) >= 11 is 0. The quantitative estimate of drug-likeness (QED) is 0.711. The number of aromatic nitrogens is 2. The molecular formula is C21H19FN4O3. The van der Waals surface area contributed by atoms with Crippen LogP contribution in [0.4, 0.5) is 15.8 Å². The zero-order valence-corrected chi connectivity index (χ0v) is 16.1. The maximum absolute atomic E-state index is 14.2. The number of benzene rings is 2. The normalized spacial score (nSPS) is 10.5. The van der Waals surface area contributed by atoms with Gasteiger partial charge in [-0.1, -0.05) is 18.2 Å². The number of halogens is 1. The summed E-state index contributed by atoms with van der Waals surface area (Å²) < 4.78 is 15.4. The fourth-order valence-corrected chi connectivity index (χ4v) is 2.85. The minimum atomic E-state index is -0.733. The molecule has 0 aliphatic heterocycles. The number of anilines is 2. The van der Waals surface area contributed by atoms with Crippen molar-refractivity contribution >= 4 is 23.2 Å². The van der Waals surface area contributed by atoms with Crippen molar-refractivity contribution in [2.75, 3.05) is 10.6 Å². The second-order valence-electron chi connectivity index (χ2n) is 6.48. The molecule has 1 heterocycles. The van der Waals surface area contributed by atoms with Gasteiger partial charge < -0.3 is 10.6 Å². The molecule has 0 radical (unpaired) electrons. The molecule has 0 spiro atoms. The van der Waals surface area contributed by atoms with E-state index in [-0.39, 0.29) is 17.3 Å². The zero-order valence-electron chi connectivity index (χ0n) is 16.1. The molecule has 0 bridgehead atoms. The Bertz CT molecular complexity index is 1170. The van der Waals surface area contributed by atoms with Crippen LogP contribution in [-0.4, -0.2) is 21.6 Å². The van der Waals surface area contributed by atoms with Crippen molar-refractivity contribution < 1.29 is 14.0 Å². The van der Waals surface area contributed by atoms with Gasteiger partial charge in [-0.15, -0.1) is 0 Å². The van der Waals surface area contributed by atoms with Crippen molar-refractivity contribution in [3.8, 4) is 5.69 Å². The first-order valence-corrected chi connectivity index (χ1v) is 8.82. The van der Waals surface area contributed by atoms with E-state index in [2.05, 4.69) is 15.7 Å². The molecule has 3 aromatic rings. The standard InChI is InChI=1S/C21H19FN4O3/c1-12-11-19(28)20(25-26(12)18-10-5-4-7-15(18)22)21(29)24-17-9-6-8-16(13(17)2)23-14(3)27/h4-11H,1-3H3,(H,23,27)(H,24,29). The third-order valence-corrected chi connectivity index (χ3v) is 4.30. The molecular weight excluding hydrogens is 375 g/mol. The van der Waals surface area contributed by atoms with Crippen LogP contribution in [0.5, 0.6) is 0 Å². The van der Waals surface area contributed by atoms with E-state index in [1.54, 1.807) is 38.1 Å². The summed E-state index contributed by atoms with van der Waals surface area (Å²) in [7, 11) is 0. The predicted octanol–water partition coefficient (Wildman–Crippen LogP) is 3.20. The number of hydrogen-bond acceptors (Lipinski definition) is 4. The molecule has 2 aromatic carbocycles. The van der Waals surface area contributed by atoms with Crippen molar-refractivity contribution in [3.63, 3.8) is 0 Å². The number of nitrogens with one attached hydrogen (secondary N) is 2. The maximum Gasteiger partial charge on any atom is 0.280 e. The van der Waals surface area contributed by atoms with Crippen molar-refractivity contribution in [3.05, 3.63) is 81.5 Å². The summed E-state index contributed by atoms with van der Waals surface area (Å²) in [6.07, 6.45) is 0. The van der Waals surface area contributed by atoms with Gasteiger partial charge in [-0.2, -0.15) is 5.10 Å². The molecule has 29 heavy (non-hydrogen) atoms. The van der Waals surface area contributed by atoms with Gasteiger partial charge in [0.05, 0.1) is 0 Å². The van der Waals surface area contributed by atoms with Crippen molar-refractivity contribution in [1.29, 1.82) is 0 Å². The number of amides is 2. The van der Waals surface area contributed by atoms with Crippen LogP contribution >= 0.6 is 0 Å². The molecule has 0 aliphatic rings. The van der Waals surface area contributed by atoms with Crippen LogP contribution in [0, 0.1) is 19.7 Å². The Labute approximate surface area is 166 Å². The highest BCUT2D eigenvalue weighted by molar-refractivity contribution is 6.04. The first kappa shape index (κ1) is 19.9. The monoisotopic (exact) mass is 394 g/mol. The van der Waals surface area contributed by atoms with E-state index < -0.39 is 17.2 Å². The highest BCUT2D eigenvalue weighted by Gasteiger charge is 2.18. The Morgan fingerprint density at radius 2 is 1.66 bits per heavy atom. The second-order valence-corrected chi connectivity index (χ2v) is 6.48. The lowest BCUT2D eigenvalue weighted by Crippen LogP contribution is -2.27. The number of para-hydroxylation sites is 1. The second kappa shape index (κ2) is 8.05. The molecule has 3 rings (SSSR count). The van der Waals surface area contributed by atoms with Gasteiger partial charge in [0.2, 0.25) is 11.3 Å². The van der Waals surface area contributed by atoms with Crippen LogP contribution < -0.4 is 16.1 Å². The number of nitrogens with zero attached hydrogens (tertiary/aromatic N) is 2. The summed E-state index contributed by atoms with van der Waals surface area (Å²) in [5.74, 6) is -1.51. The summed E-state index contributed by atoms with van der Waals surface area (Å²) in [6.45, 7) is 4.71. The minimum absolute atomic E-state index is 0.128. The summed E-state index contributed by atoms with van der Waals surface area (Å²) in [5, 5.41) is 9.38. The van der Waals surface area contributed by atoms with Gasteiger partial charge in [-0.05, 0) is 43.7 Å². The molecule has 0 aliphatic carbocycles. The average Bonchev–Trinajstić information content (AvgIpc) is 2.65. The van der Waals surface area contributed by atoms with Gasteiger partial charge in [-0.3, -0.25) is 14.4 Å². The molecule has 2 N–H and O–H groups in total. The highest BCUT2D eigenvalue weighted by atomic mass is 19.1. The number of carbonyl (C=O) groups is 2. The van der Waals surface area contributed by atoms with Gasteiger partial charge in [0.1, 0.15) is 11.5 Å². The molecule has 8 heteroatoms. The molecule has 148 valence electrons. The van der Waals surface area contributed by atoms with Crippen LogP contribution in [0.3, 0.4) is 0 Å². The van der Waals surface area contributed by atoms with Gasteiger partial charge >= 0.3 is 0 Å². The molecule has 0 atom stereocenters. The Hall–Kier alpha value is -3.81. The zero-order chi connectivity index (χ0) is 21.1. The fraction of sp³-hybridized carbons (Fsp3) is 0.143. The van der Waals surface area contributed by atoms with E-state index in [0.29, 0.717) is 22.6 Å². The van der Waals surface area contributed by atoms with Crippen LogP contribution in [0.1, 0.15) is 28.7 Å². The first-order valence-electron chi connectivity index (χ1n) is 8.82. The Balaban J connectivity index is 1.99. The summed E-state index contributed by atoms with van der Waals surface area (Å²) in [5.41, 5.74) is 1.14. The van der Waals surface area contributed by atoms with Crippen LogP contribution in [0.2, 0.25) is 0 Å². The van der Waals surface area contributed by atoms with E-state index >= 15 is 0 Å². The largest absolute Gasteiger partial charge is 0.326 e. The summed E-state index contributed by atoms with van der Waals surface area (Å²) in [4.78, 5) is 36.4. The summed E-state index contributed by atoms with van der Waals surface area (Å²) in [6, 6.07) is 12.2. The minimum Gasteiger partial charge on any atom is -0.326 e. The first-order chi connectivity index (χ1) is 13.8. The predicted molar refractivity (Wildman–Crippen MR) is 108 cm³/mol. The van der Waals surface area contributed by atoms with Crippen LogP contribution in [0.25, 0.3) is 5.69 Å². The van der Waals surface area contributed by atoms with E-state index in [0.717, 1.165) is 0 Å². The SMILES string of the molecule is CC(=O)Nc1cccc(NC(=O)c2nn(-c3ccccc3F)c(C)cc2=O)c1C. The number of rotatable bonds is 4. The fourth-order valence-electron chi connectivity index (χ4n) is 2.85. The molecule has 0 unspecified atom stereocenters. The Morgan fingerprint density at radius 1 is 1.00 bits per heavy atom. The molecule has 0 fully saturated rings. The van der Waals surface area contributed by atoms with E-state index in [1.807, 2.05) is 0 Å². The van der Waals surface area contributed by atoms with Crippen LogP contribution in [0.15, 0.2) is 53.3 Å². The van der Waals surface area contributed by atoms with Crippen molar-refractivity contribution in [2.24, 2.45) is 0 Å². The van der Waals surface area contributed by atoms with E-state index in [9.17, 15) is 18.8 Å². The van der Waals surface area contributed by atoms with E-state index in [4.69, 9.17) is 0 Å². The van der Waals surface area contributed by atoms with E-state index in [1.165, 1.54) is 35.9 Å². The number of aryl methyl sites for hydroxylation is 1. The van der Waals surface area contributed by atoms with Gasteiger partial charge in [0.25, 0.3) is 5.91 Å². The Kier molecular flexibility index (Phi) is 5.54. The third kappa shape index (κ3) is 4.21.